The Balaban J connectivity index is 1.68. The number of rotatable bonds is 13. The first-order valence-electron chi connectivity index (χ1n) is 12.6. The highest BCUT2D eigenvalue weighted by Crippen LogP contribution is 2.34. The molecule has 2 atom stereocenters. The maximum Gasteiger partial charge on any atom is 0.229 e. The Labute approximate surface area is 215 Å². The second-order valence-electron chi connectivity index (χ2n) is 9.74. The number of sulfonamides is 1. The molecule has 1 aliphatic rings. The molecule has 1 saturated carbocycles. The monoisotopic (exact) mass is 520 g/mol. The van der Waals surface area contributed by atoms with Gasteiger partial charge < -0.3 is 25.0 Å². The molecule has 0 bridgehead atoms. The summed E-state index contributed by atoms with van der Waals surface area (Å²) in [5.41, 5.74) is 1.91. The van der Waals surface area contributed by atoms with Crippen molar-refractivity contribution in [2.24, 2.45) is 5.92 Å². The standard InChI is InChI=1S/C27H40N2O6S/c1-34-26-14-11-21(17-27(26)35-2)23(12-9-19-7-5-4-6-8-19)28-18-22(30)15-20-10-13-25(31)24(16-20)29-36(3,32)33/h10-11,13-14,16-17,19,22-23,28-31H,4-9,12,15,18H2,1-3H3. The fourth-order valence-corrected chi connectivity index (χ4v) is 5.51. The van der Waals surface area contributed by atoms with Gasteiger partial charge in [0.1, 0.15) is 5.75 Å². The van der Waals surface area contributed by atoms with Crippen molar-refractivity contribution in [1.82, 2.24) is 5.32 Å². The lowest BCUT2D eigenvalue weighted by Crippen LogP contribution is -2.32. The number of ether oxygens (including phenoxy) is 2. The van der Waals surface area contributed by atoms with Gasteiger partial charge in [0.25, 0.3) is 0 Å². The zero-order chi connectivity index (χ0) is 26.1. The molecule has 0 amide bonds. The van der Waals surface area contributed by atoms with E-state index in [2.05, 4.69) is 10.0 Å². The van der Waals surface area contributed by atoms with Crippen molar-refractivity contribution < 1.29 is 28.1 Å². The van der Waals surface area contributed by atoms with Crippen molar-refractivity contribution in [3.05, 3.63) is 47.5 Å². The van der Waals surface area contributed by atoms with Crippen molar-refractivity contribution in [2.75, 3.05) is 31.7 Å². The van der Waals surface area contributed by atoms with Crippen LogP contribution in [0, 0.1) is 5.92 Å². The quantitative estimate of drug-likeness (QED) is 0.290. The van der Waals surface area contributed by atoms with Crippen LogP contribution in [-0.4, -0.2) is 51.8 Å². The molecule has 1 aliphatic carbocycles. The van der Waals surface area contributed by atoms with Crippen LogP contribution >= 0.6 is 0 Å². The van der Waals surface area contributed by atoms with Gasteiger partial charge in [-0.2, -0.15) is 0 Å². The van der Waals surface area contributed by atoms with Gasteiger partial charge in [0.15, 0.2) is 11.5 Å². The molecule has 0 saturated heterocycles. The van der Waals surface area contributed by atoms with E-state index in [0.29, 0.717) is 24.5 Å². The fraction of sp³-hybridized carbons (Fsp3) is 0.556. The Bertz CT molecular complexity index is 1090. The average Bonchev–Trinajstić information content (AvgIpc) is 2.85. The van der Waals surface area contributed by atoms with Gasteiger partial charge in [0, 0.05) is 12.6 Å². The minimum atomic E-state index is -3.53. The molecule has 8 nitrogen and oxygen atoms in total. The van der Waals surface area contributed by atoms with E-state index >= 15 is 0 Å². The van der Waals surface area contributed by atoms with Crippen molar-refractivity contribution in [3.63, 3.8) is 0 Å². The fourth-order valence-electron chi connectivity index (χ4n) is 4.95. The molecular formula is C27H40N2O6S. The molecule has 0 aliphatic heterocycles. The predicted octanol–water partition coefficient (Wildman–Crippen LogP) is 4.38. The Kier molecular flexibility index (Phi) is 10.3. The number of phenolic OH excluding ortho intramolecular Hbond substituents is 1. The van der Waals surface area contributed by atoms with Crippen LogP contribution in [0.1, 0.15) is 62.1 Å². The number of nitrogens with one attached hydrogen (secondary N) is 2. The minimum Gasteiger partial charge on any atom is -0.506 e. The summed E-state index contributed by atoms with van der Waals surface area (Å²) < 4.78 is 36.3. The van der Waals surface area contributed by atoms with Gasteiger partial charge in [-0.3, -0.25) is 4.72 Å². The second kappa shape index (κ2) is 13.2. The maximum absolute atomic E-state index is 11.6. The van der Waals surface area contributed by atoms with Crippen LogP contribution in [0.2, 0.25) is 0 Å². The molecule has 0 aromatic heterocycles. The maximum atomic E-state index is 11.6. The summed E-state index contributed by atoms with van der Waals surface area (Å²) in [6.07, 6.45) is 9.23. The van der Waals surface area contributed by atoms with Crippen LogP contribution in [0.5, 0.6) is 17.2 Å². The molecule has 200 valence electrons. The van der Waals surface area contributed by atoms with Crippen LogP contribution in [0.3, 0.4) is 0 Å². The zero-order valence-corrected chi connectivity index (χ0v) is 22.3. The van der Waals surface area contributed by atoms with Crippen LogP contribution in [0.15, 0.2) is 36.4 Å². The molecule has 36 heavy (non-hydrogen) atoms. The summed E-state index contributed by atoms with van der Waals surface area (Å²) >= 11 is 0. The van der Waals surface area contributed by atoms with Gasteiger partial charge in [0.05, 0.1) is 32.3 Å². The highest BCUT2D eigenvalue weighted by Gasteiger charge is 2.20. The summed E-state index contributed by atoms with van der Waals surface area (Å²) in [4.78, 5) is 0. The largest absolute Gasteiger partial charge is 0.506 e. The summed E-state index contributed by atoms with van der Waals surface area (Å²) in [5.74, 6) is 1.94. The van der Waals surface area contributed by atoms with E-state index in [9.17, 15) is 18.6 Å². The highest BCUT2D eigenvalue weighted by atomic mass is 32.2. The molecule has 2 aromatic rings. The van der Waals surface area contributed by atoms with Gasteiger partial charge in [-0.15, -0.1) is 0 Å². The van der Waals surface area contributed by atoms with Crippen molar-refractivity contribution in [2.45, 2.75) is 63.5 Å². The number of aromatic hydroxyl groups is 1. The lowest BCUT2D eigenvalue weighted by atomic mass is 9.84. The first-order chi connectivity index (χ1) is 17.2. The van der Waals surface area contributed by atoms with Crippen LogP contribution in [0.4, 0.5) is 5.69 Å². The topological polar surface area (TPSA) is 117 Å². The van der Waals surface area contributed by atoms with Gasteiger partial charge in [-0.25, -0.2) is 8.42 Å². The van der Waals surface area contributed by atoms with Crippen molar-refractivity contribution in [1.29, 1.82) is 0 Å². The van der Waals surface area contributed by atoms with E-state index in [1.165, 1.54) is 38.2 Å². The van der Waals surface area contributed by atoms with E-state index in [1.54, 1.807) is 26.4 Å². The van der Waals surface area contributed by atoms with Crippen molar-refractivity contribution in [3.8, 4) is 17.2 Å². The van der Waals surface area contributed by atoms with Gasteiger partial charge >= 0.3 is 0 Å². The SMILES string of the molecule is COc1ccc(C(CCC2CCCCC2)NCC(O)Cc2ccc(O)c(NS(C)(=O)=O)c2)cc1OC. The molecule has 0 radical (unpaired) electrons. The number of aliphatic hydroxyl groups excluding tert-OH is 1. The summed E-state index contributed by atoms with van der Waals surface area (Å²) in [7, 11) is -0.284. The van der Waals surface area contributed by atoms with E-state index in [0.717, 1.165) is 36.1 Å². The minimum absolute atomic E-state index is 0.0451. The van der Waals surface area contributed by atoms with Crippen LogP contribution in [0.25, 0.3) is 0 Å². The number of aliphatic hydroxyl groups is 1. The Morgan fingerprint density at radius 2 is 1.75 bits per heavy atom. The Hall–Kier alpha value is -2.49. The first-order valence-corrected chi connectivity index (χ1v) is 14.5. The van der Waals surface area contributed by atoms with E-state index in [1.807, 2.05) is 18.2 Å². The van der Waals surface area contributed by atoms with E-state index < -0.39 is 16.1 Å². The molecule has 3 rings (SSSR count). The van der Waals surface area contributed by atoms with E-state index in [-0.39, 0.29) is 17.5 Å². The summed E-state index contributed by atoms with van der Waals surface area (Å²) in [6, 6.07) is 10.6. The van der Waals surface area contributed by atoms with Gasteiger partial charge in [-0.1, -0.05) is 44.2 Å². The Morgan fingerprint density at radius 3 is 2.42 bits per heavy atom. The third-order valence-corrected chi connectivity index (χ3v) is 7.42. The average molecular weight is 521 g/mol. The van der Waals surface area contributed by atoms with Crippen molar-refractivity contribution >= 4 is 15.7 Å². The third-order valence-electron chi connectivity index (χ3n) is 6.83. The van der Waals surface area contributed by atoms with Gasteiger partial charge in [-0.05, 0) is 60.6 Å². The smallest absolute Gasteiger partial charge is 0.229 e. The molecule has 0 heterocycles. The molecular weight excluding hydrogens is 480 g/mol. The molecule has 1 fully saturated rings. The molecule has 0 spiro atoms. The molecule has 2 unspecified atom stereocenters. The normalized spacial score (nSPS) is 16.3. The summed E-state index contributed by atoms with van der Waals surface area (Å²) in [6.45, 7) is 0.361. The number of hydrogen-bond donors (Lipinski definition) is 4. The molecule has 4 N–H and O–H groups in total. The zero-order valence-electron chi connectivity index (χ0n) is 21.5. The molecule has 9 heteroatoms. The van der Waals surface area contributed by atoms with Gasteiger partial charge in [0.2, 0.25) is 10.0 Å². The number of benzene rings is 2. The van der Waals surface area contributed by atoms with Crippen LogP contribution < -0.4 is 19.5 Å². The first kappa shape index (κ1) is 28.1. The third kappa shape index (κ3) is 8.57. The molecule has 2 aromatic carbocycles. The lowest BCUT2D eigenvalue weighted by Gasteiger charge is -2.26. The predicted molar refractivity (Wildman–Crippen MR) is 142 cm³/mol. The number of phenols is 1. The Morgan fingerprint density at radius 1 is 1.03 bits per heavy atom. The lowest BCUT2D eigenvalue weighted by molar-refractivity contribution is 0.165. The highest BCUT2D eigenvalue weighted by molar-refractivity contribution is 7.92. The van der Waals surface area contributed by atoms with Crippen LogP contribution in [-0.2, 0) is 16.4 Å². The summed E-state index contributed by atoms with van der Waals surface area (Å²) in [5, 5.41) is 24.3. The second-order valence-corrected chi connectivity index (χ2v) is 11.5. The number of methoxy groups -OCH3 is 2. The number of hydrogen-bond acceptors (Lipinski definition) is 7. The van der Waals surface area contributed by atoms with E-state index in [4.69, 9.17) is 9.47 Å². The number of anilines is 1.